The molecule has 3 aromatic rings. The SMILES string of the molecule is CC1(C)CCc2nc(C#Cc3nnc(-c4cccnc4)o3)ccc2C1=O. The predicted octanol–water partition coefficient (Wildman–Crippen LogP) is 3.08. The molecule has 0 amide bonds. The van der Waals surface area contributed by atoms with E-state index in [1.165, 1.54) is 0 Å². The van der Waals surface area contributed by atoms with Crippen LogP contribution in [-0.2, 0) is 6.42 Å². The average Bonchev–Trinajstić information content (AvgIpc) is 3.13. The molecule has 0 spiro atoms. The van der Waals surface area contributed by atoms with Crippen molar-refractivity contribution in [3.63, 3.8) is 0 Å². The zero-order chi connectivity index (χ0) is 18.1. The first-order chi connectivity index (χ1) is 12.5. The number of hydrogen-bond donors (Lipinski definition) is 0. The standard InChI is InChI=1S/C20H16N4O2/c1-20(2)10-9-16-15(18(20)25)7-5-14(22-16)6-8-17-23-24-19(26-17)13-4-3-11-21-12-13/h3-5,7,11-12H,9-10H2,1-2H3. The second-order valence-corrected chi connectivity index (χ2v) is 6.81. The molecular formula is C20H16N4O2. The molecule has 1 aliphatic rings. The van der Waals surface area contributed by atoms with Crippen molar-refractivity contribution in [3.8, 4) is 23.3 Å². The van der Waals surface area contributed by atoms with Crippen molar-refractivity contribution in [1.82, 2.24) is 20.2 Å². The summed E-state index contributed by atoms with van der Waals surface area (Å²) in [5, 5.41) is 7.90. The van der Waals surface area contributed by atoms with Crippen LogP contribution in [0.3, 0.4) is 0 Å². The fraction of sp³-hybridized carbons (Fsp3) is 0.250. The molecule has 3 aromatic heterocycles. The van der Waals surface area contributed by atoms with Gasteiger partial charge in [0.05, 0.1) is 11.3 Å². The molecule has 0 aliphatic heterocycles. The third kappa shape index (κ3) is 3.00. The lowest BCUT2D eigenvalue weighted by molar-refractivity contribution is 0.0809. The Hall–Kier alpha value is -3.33. The summed E-state index contributed by atoms with van der Waals surface area (Å²) >= 11 is 0. The van der Waals surface area contributed by atoms with E-state index in [4.69, 9.17) is 4.42 Å². The molecule has 4 rings (SSSR count). The van der Waals surface area contributed by atoms with Gasteiger partial charge in [0.15, 0.2) is 5.78 Å². The summed E-state index contributed by atoms with van der Waals surface area (Å²) < 4.78 is 5.53. The van der Waals surface area contributed by atoms with Gasteiger partial charge in [-0.3, -0.25) is 9.78 Å². The number of aromatic nitrogens is 4. The van der Waals surface area contributed by atoms with Crippen LogP contribution in [0.4, 0.5) is 0 Å². The zero-order valence-electron chi connectivity index (χ0n) is 14.5. The van der Waals surface area contributed by atoms with Crippen molar-refractivity contribution in [1.29, 1.82) is 0 Å². The molecule has 0 radical (unpaired) electrons. The van der Waals surface area contributed by atoms with E-state index >= 15 is 0 Å². The molecule has 0 aromatic carbocycles. The van der Waals surface area contributed by atoms with Crippen LogP contribution in [0, 0.1) is 17.3 Å². The van der Waals surface area contributed by atoms with Crippen LogP contribution in [0.5, 0.6) is 0 Å². The Kier molecular flexibility index (Phi) is 3.85. The Bertz CT molecular complexity index is 1040. The summed E-state index contributed by atoms with van der Waals surface area (Å²) in [6.07, 6.45) is 4.89. The molecule has 6 heteroatoms. The van der Waals surface area contributed by atoms with Gasteiger partial charge in [-0.05, 0) is 43.0 Å². The molecule has 0 bridgehead atoms. The number of carbonyl (C=O) groups excluding carboxylic acids is 1. The van der Waals surface area contributed by atoms with E-state index < -0.39 is 0 Å². The van der Waals surface area contributed by atoms with E-state index in [0.717, 1.165) is 24.1 Å². The first-order valence-electron chi connectivity index (χ1n) is 8.34. The Morgan fingerprint density at radius 2 is 2.04 bits per heavy atom. The van der Waals surface area contributed by atoms with Crippen molar-refractivity contribution in [2.24, 2.45) is 5.41 Å². The number of fused-ring (bicyclic) bond motifs is 1. The molecule has 0 unspecified atom stereocenters. The summed E-state index contributed by atoms with van der Waals surface area (Å²) in [5.41, 5.74) is 2.50. The fourth-order valence-corrected chi connectivity index (χ4v) is 2.87. The number of nitrogens with zero attached hydrogens (tertiary/aromatic N) is 4. The Morgan fingerprint density at radius 1 is 1.15 bits per heavy atom. The van der Waals surface area contributed by atoms with Crippen molar-refractivity contribution in [2.75, 3.05) is 0 Å². The zero-order valence-corrected chi connectivity index (χ0v) is 14.5. The average molecular weight is 344 g/mol. The van der Waals surface area contributed by atoms with Crippen LogP contribution in [0.1, 0.15) is 47.9 Å². The van der Waals surface area contributed by atoms with Gasteiger partial charge < -0.3 is 4.42 Å². The summed E-state index contributed by atoms with van der Waals surface area (Å²) in [6, 6.07) is 7.19. The van der Waals surface area contributed by atoms with Gasteiger partial charge >= 0.3 is 0 Å². The number of carbonyl (C=O) groups is 1. The second-order valence-electron chi connectivity index (χ2n) is 6.81. The number of hydrogen-bond acceptors (Lipinski definition) is 6. The molecule has 0 fully saturated rings. The second kappa shape index (κ2) is 6.19. The number of pyridine rings is 2. The van der Waals surface area contributed by atoms with Crippen molar-refractivity contribution < 1.29 is 9.21 Å². The topological polar surface area (TPSA) is 81.8 Å². The highest BCUT2D eigenvalue weighted by atomic mass is 16.4. The van der Waals surface area contributed by atoms with Crippen LogP contribution in [0.25, 0.3) is 11.5 Å². The molecule has 0 atom stereocenters. The monoisotopic (exact) mass is 344 g/mol. The first kappa shape index (κ1) is 16.2. The highest BCUT2D eigenvalue weighted by molar-refractivity contribution is 6.01. The van der Waals surface area contributed by atoms with E-state index in [1.807, 2.05) is 26.0 Å². The molecule has 3 heterocycles. The van der Waals surface area contributed by atoms with E-state index in [1.54, 1.807) is 24.5 Å². The van der Waals surface area contributed by atoms with Gasteiger partial charge in [-0.1, -0.05) is 18.9 Å². The minimum atomic E-state index is -0.325. The largest absolute Gasteiger partial charge is 0.410 e. The number of aryl methyl sites for hydroxylation is 1. The molecule has 6 nitrogen and oxygen atoms in total. The van der Waals surface area contributed by atoms with Crippen molar-refractivity contribution in [2.45, 2.75) is 26.7 Å². The maximum absolute atomic E-state index is 12.5. The third-order valence-electron chi connectivity index (χ3n) is 4.45. The lowest BCUT2D eigenvalue weighted by Crippen LogP contribution is -2.31. The minimum Gasteiger partial charge on any atom is -0.410 e. The van der Waals surface area contributed by atoms with Crippen molar-refractivity contribution in [3.05, 3.63) is 59.5 Å². The van der Waals surface area contributed by atoms with E-state index in [-0.39, 0.29) is 17.1 Å². The molecule has 0 saturated carbocycles. The van der Waals surface area contributed by atoms with Gasteiger partial charge in [-0.15, -0.1) is 5.10 Å². The lowest BCUT2D eigenvalue weighted by atomic mass is 9.75. The number of Topliss-reactive ketones (excluding diaryl/α,β-unsaturated/α-hetero) is 1. The van der Waals surface area contributed by atoms with E-state index in [9.17, 15) is 4.79 Å². The van der Waals surface area contributed by atoms with Gasteiger partial charge in [-0.2, -0.15) is 0 Å². The maximum Gasteiger partial charge on any atom is 0.294 e. The minimum absolute atomic E-state index is 0.142. The van der Waals surface area contributed by atoms with Gasteiger partial charge in [0.25, 0.3) is 5.89 Å². The smallest absolute Gasteiger partial charge is 0.294 e. The lowest BCUT2D eigenvalue weighted by Gasteiger charge is -2.28. The Morgan fingerprint density at radius 3 is 2.85 bits per heavy atom. The van der Waals surface area contributed by atoms with Crippen LogP contribution < -0.4 is 0 Å². The maximum atomic E-state index is 12.5. The number of ketones is 1. The highest BCUT2D eigenvalue weighted by Crippen LogP contribution is 2.33. The van der Waals surface area contributed by atoms with Gasteiger partial charge in [0.2, 0.25) is 5.89 Å². The van der Waals surface area contributed by atoms with Gasteiger partial charge in [0.1, 0.15) is 5.69 Å². The highest BCUT2D eigenvalue weighted by Gasteiger charge is 2.34. The Balaban J connectivity index is 1.58. The molecule has 0 saturated heterocycles. The molecule has 128 valence electrons. The molecular weight excluding hydrogens is 328 g/mol. The summed E-state index contributed by atoms with van der Waals surface area (Å²) in [6.45, 7) is 3.95. The molecule has 26 heavy (non-hydrogen) atoms. The van der Waals surface area contributed by atoms with Gasteiger partial charge in [0, 0.05) is 29.3 Å². The normalized spacial score (nSPS) is 15.1. The number of rotatable bonds is 1. The molecule has 1 aliphatic carbocycles. The third-order valence-corrected chi connectivity index (χ3v) is 4.45. The van der Waals surface area contributed by atoms with E-state index in [0.29, 0.717) is 17.1 Å². The van der Waals surface area contributed by atoms with Crippen LogP contribution in [0.2, 0.25) is 0 Å². The molecule has 0 N–H and O–H groups in total. The summed E-state index contributed by atoms with van der Waals surface area (Å²) in [7, 11) is 0. The van der Waals surface area contributed by atoms with Crippen LogP contribution >= 0.6 is 0 Å². The van der Waals surface area contributed by atoms with E-state index in [2.05, 4.69) is 32.0 Å². The summed E-state index contributed by atoms with van der Waals surface area (Å²) in [4.78, 5) is 21.0. The predicted molar refractivity (Wildman–Crippen MR) is 94.2 cm³/mol. The first-order valence-corrected chi connectivity index (χ1v) is 8.34. The van der Waals surface area contributed by atoms with Gasteiger partial charge in [-0.25, -0.2) is 4.98 Å². The Labute approximate surface area is 150 Å². The summed E-state index contributed by atoms with van der Waals surface area (Å²) in [5.74, 6) is 6.47. The van der Waals surface area contributed by atoms with Crippen LogP contribution in [-0.4, -0.2) is 25.9 Å². The van der Waals surface area contributed by atoms with Crippen LogP contribution in [0.15, 0.2) is 41.1 Å². The quantitative estimate of drug-likeness (QED) is 0.631. The fourth-order valence-electron chi connectivity index (χ4n) is 2.87. The van der Waals surface area contributed by atoms with Crippen molar-refractivity contribution >= 4 is 5.78 Å².